The van der Waals surface area contributed by atoms with Gasteiger partial charge in [0.05, 0.1) is 85.1 Å². The number of aliphatic hydroxyl groups is 10. The van der Waals surface area contributed by atoms with Crippen LogP contribution < -0.4 is 0 Å². The van der Waals surface area contributed by atoms with E-state index in [4.69, 9.17) is 16.6 Å². The van der Waals surface area contributed by atoms with Gasteiger partial charge in [0.1, 0.15) is 0 Å². The average Bonchev–Trinajstić information content (AvgIpc) is 1.60. The molecule has 807 valence electrons. The van der Waals surface area contributed by atoms with Crippen LogP contribution in [0, 0.1) is 383 Å². The summed E-state index contributed by atoms with van der Waals surface area (Å²) < 4.78 is 40.0. The van der Waals surface area contributed by atoms with Crippen molar-refractivity contribution < 1.29 is 260 Å². The fraction of sp³-hybridized carbons (Fsp3) is 0.915. The van der Waals surface area contributed by atoms with Crippen LogP contribution in [0.25, 0.3) is 0 Å². The molecular weight excluding hydrogens is 2710 g/mol. The van der Waals surface area contributed by atoms with Crippen molar-refractivity contribution in [3.63, 3.8) is 0 Å². The zero-order valence-electron chi connectivity index (χ0n) is 96.8. The van der Waals surface area contributed by atoms with Crippen LogP contribution in [-0.4, -0.2) is 178 Å². The van der Waals surface area contributed by atoms with E-state index in [-0.39, 0.29) is 362 Å². The Morgan fingerprint density at radius 3 is 0.833 bits per heavy atom. The number of carboxylic acids is 2. The zero-order chi connectivity index (χ0) is 105. The van der Waals surface area contributed by atoms with Gasteiger partial charge in [0.15, 0.2) is 0 Å². The first-order chi connectivity index (χ1) is 67.0. The molecule has 0 aromatic carbocycles. The van der Waals surface area contributed by atoms with Crippen molar-refractivity contribution in [2.75, 3.05) is 6.61 Å². The Hall–Kier alpha value is 4.39. The molecule has 16 saturated carbocycles. The second kappa shape index (κ2) is 52.0. The Morgan fingerprint density at radius 2 is 0.576 bits per heavy atom. The maximum Gasteiger partial charge on any atom is 0.306 e. The van der Waals surface area contributed by atoms with Gasteiger partial charge in [-0.05, 0) is 448 Å². The van der Waals surface area contributed by atoms with Crippen LogP contribution in [0.3, 0.4) is 0 Å². The number of carboxylic acid groups (broad SMARTS) is 2. The fourth-order valence-corrected chi connectivity index (χ4v) is 42.4. The van der Waals surface area contributed by atoms with Crippen LogP contribution in [0.1, 0.15) is 385 Å². The number of aliphatic hydroxyl groups excluding tert-OH is 10. The molecule has 7 radical (unpaired) electrons. The third kappa shape index (κ3) is 23.7. The number of rotatable bonds is 29. The van der Waals surface area contributed by atoms with E-state index >= 15 is 0 Å². The maximum atomic E-state index is 12.5. The van der Waals surface area contributed by atoms with Crippen LogP contribution in [0.15, 0.2) is 46.6 Å². The molecule has 27 heteroatoms. The Bertz CT molecular complexity index is 4290. The molecule has 0 aliphatic heterocycles. The van der Waals surface area contributed by atoms with E-state index in [1.807, 2.05) is 27.7 Å². The van der Waals surface area contributed by atoms with Crippen LogP contribution in [0.2, 0.25) is 0 Å². The molecule has 12 N–H and O–H groups in total. The van der Waals surface area contributed by atoms with Gasteiger partial charge in [0.25, 0.3) is 0 Å². The maximum absolute atomic E-state index is 12.5. The van der Waals surface area contributed by atoms with Gasteiger partial charge in [-0.15, -0.1) is 0 Å². The van der Waals surface area contributed by atoms with Crippen molar-refractivity contribution in [2.45, 2.75) is 458 Å². The first kappa shape index (κ1) is 127. The third-order valence-corrected chi connectivity index (χ3v) is 49.1. The summed E-state index contributed by atoms with van der Waals surface area (Å²) in [6.45, 7) is 56.9. The number of hydrogen-bond acceptors (Lipinski definition) is 18. The largest absolute Gasteiger partial charge is 0.481 e. The van der Waals surface area contributed by atoms with Gasteiger partial charge in [0, 0.05) is 195 Å². The molecule has 0 saturated heterocycles. The van der Waals surface area contributed by atoms with Gasteiger partial charge in [-0.25, -0.2) is 0 Å². The molecule has 0 bridgehead atoms. The molecule has 17 nitrogen and oxygen atoms in total. The molecule has 0 amide bonds. The summed E-state index contributed by atoms with van der Waals surface area (Å²) >= 11 is 3.42. The van der Waals surface area contributed by atoms with Crippen molar-refractivity contribution in [1.82, 2.24) is 0 Å². The summed E-state index contributed by atoms with van der Waals surface area (Å²) in [7, 11) is 3.80. The minimum Gasteiger partial charge on any atom is -0.481 e. The van der Waals surface area contributed by atoms with Crippen molar-refractivity contribution in [1.29, 1.82) is 4.01 Å². The van der Waals surface area contributed by atoms with Gasteiger partial charge in [-0.3, -0.25) is 9.59 Å². The normalized spacial score (nSPS) is 48.8. The van der Waals surface area contributed by atoms with E-state index in [2.05, 4.69) is 170 Å². The Morgan fingerprint density at radius 1 is 0.333 bits per heavy atom. The van der Waals surface area contributed by atoms with E-state index in [0.717, 1.165) is 190 Å². The monoisotopic (exact) mass is 2920 g/mol. The average molecular weight is 2920 g/mol. The van der Waals surface area contributed by atoms with Crippen molar-refractivity contribution in [2.24, 2.45) is 207 Å². The summed E-state index contributed by atoms with van der Waals surface area (Å²) in [4.78, 5) is 24.9. The van der Waals surface area contributed by atoms with E-state index in [0.29, 0.717) is 111 Å². The minimum absolute atomic E-state index is 0. The number of allylic oxidation sites excluding steroid dienone is 8. The van der Waals surface area contributed by atoms with Gasteiger partial charge >= 0.3 is 11.9 Å². The topological polar surface area (TPSA) is 305 Å². The molecule has 16 aliphatic rings. The first-order valence-corrected chi connectivity index (χ1v) is 58.7. The smallest absolute Gasteiger partial charge is 0.306 e. The van der Waals surface area contributed by atoms with E-state index in [1.54, 1.807) is 0 Å². The van der Waals surface area contributed by atoms with Crippen molar-refractivity contribution in [3.8, 4) is 0 Å². The predicted octanol–water partition coefficient (Wildman–Crippen LogP) is 22.8. The standard InChI is InChI=1S/C30H52BO3S.C29H48BO5S.C29H50BO4S.C29H48O5.4Ac/c1-8-20(11-9-10-18(2)3)26-22-16-23(32)27-28(5)14-13-25(34-35-31)19(4)21(28)12-15-29(27,6)30(22,7)17-24(26)33;1-16(2)8-7-9-18(26(33)34)24-20-14-21(31)25-27(4)12-11-23(35-36-30)17(3)19(27)10-13-28(25,5)29(20,6)15-22(24)32;1-17(2)8-7-9-19(16-31)25-21-14-22(32)26-27(4)12-11-24(34-35-30)18(3)20(27)10-13-28(26,5)29(21,6)15-23(25)33;1-16(2)8-7-9-18(26(33)34)24-20-14-22(31)25-27(4)12-11-21(30)17(3)19(27)10-13-28(25,5)29(20,6)15-23(24)32;;;;/h10,19-27,31-33H,8-9,11-17H2,1-7H3;8,17-25,30-32H,7,9-15H2,1-6H3,(H,33,34);8,18-26,30-33H,7,9-16H2,1-6H3;8,17-25,30-32H,7,9-15H2,1-6H3,(H,33,34);;;;/t19?,20-,21?,22?,23?,24-,25+,26?,27?,28-,29?,30-;17?,18-,19?,20?,21?,22-,23+,24?,25?,27-,28?,29-;18?,19-,20?,21?,22?,23+,24-,25?,26?,27+,28?,29+;17?,18-,19?,20?,21?,22?,23-,24?,25?,27-,28?,29-;;;;/m0010..../s1/i31T;2*30T;;;;;. The van der Waals surface area contributed by atoms with Crippen molar-refractivity contribution in [3.05, 3.63) is 46.6 Å². The summed E-state index contributed by atoms with van der Waals surface area (Å²) in [5.74, 6) is 2.00. The van der Waals surface area contributed by atoms with Gasteiger partial charge < -0.3 is 73.8 Å². The number of hydrogen-bond donors (Lipinski definition) is 12. The SMILES string of the molecule is CC(C)=CCC[C@H](C(=O)O)C1C2CC(O)C3C(C)(CCC4C(C)C(O)CC[C@@]43C)[C@@]2(C)C[C@@H]1O.[3H][B]SO[C@@H]1CC[C@@]2(C)C(CCC3(C)C2C(O)CC2C([C@@H](CC)CCC=C(C)C)[C@@H](O)C[C@@]23C)C1C.[3H][B]SO[C@@H]1CC[C@@]2(C)C(CCC3(C)C2C(O)CC2C([C@@H](CO)CCC=C(C)C)[C@@H](O)C[C@@]23C)C1C.[3H][B]SO[C@@H]1CC[C@@]2(C)C(CCC3(C)C2C(O)CC2C([C@H](CCC=C(C)C)C(=O)O)[C@@H](O)C[C@@]23C)C1C.[Ac].[Ac].[Ac].[Ac]. The molecule has 144 heavy (non-hydrogen) atoms. The van der Waals surface area contributed by atoms with E-state index < -0.39 is 54.3 Å². The zero-order valence-corrected chi connectivity index (χ0v) is 115. The predicted molar refractivity (Wildman–Crippen MR) is 575 cm³/mol. The van der Waals surface area contributed by atoms with E-state index in [9.17, 15) is 70.9 Å². The molecule has 29 unspecified atom stereocenters. The molecular formula is C117H198Ac4B3O17S3. The summed E-state index contributed by atoms with van der Waals surface area (Å²) in [6, 6.07) is 0. The second-order valence-electron chi connectivity index (χ2n) is 54.7. The molecule has 48 atom stereocenters. The fourth-order valence-electron chi connectivity index (χ4n) is 41.2. The molecule has 16 fully saturated rings. The van der Waals surface area contributed by atoms with Crippen LogP contribution in [-0.2, 0) is 22.1 Å². The quantitative estimate of drug-likeness (QED) is 0.0188. The van der Waals surface area contributed by atoms with Gasteiger partial charge in [-0.2, -0.15) is 0 Å². The number of aliphatic carboxylic acids is 2. The molecule has 0 heterocycles. The molecule has 0 aromatic heterocycles. The second-order valence-corrected chi connectivity index (χ2v) is 55.8. The van der Waals surface area contributed by atoms with Crippen LogP contribution in [0.4, 0.5) is 0 Å². The van der Waals surface area contributed by atoms with Gasteiger partial charge in [0.2, 0.25) is 21.3 Å². The van der Waals surface area contributed by atoms with Crippen LogP contribution >= 0.6 is 35.7 Å². The molecule has 0 aromatic rings. The number of carbonyl (C=O) groups is 2. The Kier molecular flexibility index (Phi) is 45.8. The molecule has 16 rings (SSSR count). The Balaban J connectivity index is 0.000000216. The van der Waals surface area contributed by atoms with Gasteiger partial charge in [-0.1, -0.05) is 206 Å². The number of fused-ring (bicyclic) bond motifs is 20. The minimum atomic E-state index is -0.817. The first-order valence-electron chi connectivity index (χ1n) is 58.0. The van der Waals surface area contributed by atoms with Crippen LogP contribution in [0.5, 0.6) is 0 Å². The van der Waals surface area contributed by atoms with Crippen molar-refractivity contribution >= 4 is 68.9 Å². The summed E-state index contributed by atoms with van der Waals surface area (Å²) in [6.07, 6.45) is 34.7. The summed E-state index contributed by atoms with van der Waals surface area (Å²) in [5, 5.41) is 135. The Labute approximate surface area is 1040 Å². The summed E-state index contributed by atoms with van der Waals surface area (Å²) in [5.41, 5.74) is 4.32. The molecule has 16 aliphatic carbocycles. The molecule has 0 spiro atoms. The van der Waals surface area contributed by atoms with E-state index in [1.165, 1.54) is 50.0 Å². The third-order valence-electron chi connectivity index (χ3n) is 48.0.